The Hall–Kier alpha value is -2.55. The zero-order valence-corrected chi connectivity index (χ0v) is 20.0. The van der Waals surface area contributed by atoms with Crippen LogP contribution in [0.1, 0.15) is 48.1 Å². The van der Waals surface area contributed by atoms with Crippen LogP contribution in [0.25, 0.3) is 5.69 Å². The molecule has 0 unspecified atom stereocenters. The monoisotopic (exact) mass is 482 g/mol. The maximum atomic E-state index is 14.4. The molecule has 3 aliphatic rings. The van der Waals surface area contributed by atoms with E-state index in [2.05, 4.69) is 36.8 Å². The summed E-state index contributed by atoms with van der Waals surface area (Å²) in [6.07, 6.45) is 2.77. The van der Waals surface area contributed by atoms with E-state index in [-0.39, 0.29) is 11.7 Å². The number of hydrogen-bond donors (Lipinski definition) is 0. The fourth-order valence-electron chi connectivity index (χ4n) is 5.48. The van der Waals surface area contributed by atoms with Gasteiger partial charge in [-0.05, 0) is 62.1 Å². The molecule has 2 aromatic heterocycles. The van der Waals surface area contributed by atoms with Crippen LogP contribution in [-0.4, -0.2) is 57.0 Å². The first-order chi connectivity index (χ1) is 16.6. The second-order valence-electron chi connectivity index (χ2n) is 9.52. The largest absolute Gasteiger partial charge is 0.380 e. The van der Waals surface area contributed by atoms with Crippen molar-refractivity contribution in [1.29, 1.82) is 0 Å². The Bertz CT molecular complexity index is 1200. The zero-order chi connectivity index (χ0) is 23.2. The second kappa shape index (κ2) is 8.91. The average molecular weight is 483 g/mol. The zero-order valence-electron chi connectivity index (χ0n) is 19.3. The maximum absolute atomic E-state index is 14.4. The molecule has 6 rings (SSSR count). The van der Waals surface area contributed by atoms with Crippen LogP contribution in [-0.2, 0) is 17.8 Å². The van der Waals surface area contributed by atoms with E-state index in [4.69, 9.17) is 16.3 Å². The molecule has 2 saturated heterocycles. The number of aryl methyl sites for hydroxylation is 1. The molecule has 1 aromatic carbocycles. The number of hydrogen-bond acceptors (Lipinski definition) is 6. The highest BCUT2D eigenvalue weighted by Gasteiger charge is 2.33. The van der Waals surface area contributed by atoms with E-state index in [0.717, 1.165) is 86.7 Å². The summed E-state index contributed by atoms with van der Waals surface area (Å²) in [5.74, 6) is 2.38. The van der Waals surface area contributed by atoms with Crippen molar-refractivity contribution in [3.63, 3.8) is 0 Å². The minimum absolute atomic E-state index is 0.246. The quantitative estimate of drug-likeness (QED) is 0.556. The molecule has 0 amide bonds. The predicted molar refractivity (Wildman–Crippen MR) is 128 cm³/mol. The van der Waals surface area contributed by atoms with Crippen LogP contribution in [0, 0.1) is 12.7 Å². The summed E-state index contributed by atoms with van der Waals surface area (Å²) in [4.78, 5) is 8.93. The lowest BCUT2D eigenvalue weighted by molar-refractivity contribution is 0.133. The molecule has 5 heterocycles. The SMILES string of the molecule is Cc1ccc(F)c(N2CCC(c3nnc4n3-c3ccc(Cl)cc3CN([C@@H]3CCOC3)C4)CC2)n1. The molecular weight excluding hydrogens is 455 g/mol. The van der Waals surface area contributed by atoms with Gasteiger partial charge < -0.3 is 9.64 Å². The molecule has 0 spiro atoms. The Kier molecular flexibility index (Phi) is 5.75. The van der Waals surface area contributed by atoms with Gasteiger partial charge in [0.2, 0.25) is 0 Å². The van der Waals surface area contributed by atoms with Crippen molar-refractivity contribution in [2.24, 2.45) is 0 Å². The van der Waals surface area contributed by atoms with E-state index in [1.54, 1.807) is 6.07 Å². The third kappa shape index (κ3) is 3.97. The van der Waals surface area contributed by atoms with Gasteiger partial charge in [-0.2, -0.15) is 0 Å². The van der Waals surface area contributed by atoms with E-state index < -0.39 is 0 Å². The summed E-state index contributed by atoms with van der Waals surface area (Å²) >= 11 is 6.40. The highest BCUT2D eigenvalue weighted by atomic mass is 35.5. The molecule has 1 atom stereocenters. The molecular formula is C25H28ClFN6O. The van der Waals surface area contributed by atoms with Crippen molar-refractivity contribution in [1.82, 2.24) is 24.6 Å². The topological polar surface area (TPSA) is 59.3 Å². The summed E-state index contributed by atoms with van der Waals surface area (Å²) in [5.41, 5.74) is 3.12. The Morgan fingerprint density at radius 1 is 1.06 bits per heavy atom. The molecule has 0 N–H and O–H groups in total. The standard InChI is InChI=1S/C25H28ClFN6O/c1-16-2-4-21(27)25(28-16)31-9-6-17(7-10-31)24-30-29-23-14-32(20-8-11-34-15-20)13-18-12-19(26)3-5-22(18)33(23)24/h2-5,12,17,20H,6-11,13-15H2,1H3/t20-/m1/s1. The molecule has 3 aliphatic heterocycles. The van der Waals surface area contributed by atoms with E-state index in [9.17, 15) is 4.39 Å². The molecule has 3 aromatic rings. The number of rotatable bonds is 3. The number of fused-ring (bicyclic) bond motifs is 3. The minimum Gasteiger partial charge on any atom is -0.380 e. The first-order valence-corrected chi connectivity index (χ1v) is 12.4. The molecule has 9 heteroatoms. The predicted octanol–water partition coefficient (Wildman–Crippen LogP) is 4.25. The number of pyridine rings is 1. The lowest BCUT2D eigenvalue weighted by atomic mass is 9.95. The first-order valence-electron chi connectivity index (χ1n) is 12.0. The van der Waals surface area contributed by atoms with Crippen LogP contribution in [0.5, 0.6) is 0 Å². The van der Waals surface area contributed by atoms with Gasteiger partial charge in [-0.25, -0.2) is 9.37 Å². The molecule has 0 radical (unpaired) electrons. The van der Waals surface area contributed by atoms with Gasteiger partial charge in [-0.3, -0.25) is 9.47 Å². The van der Waals surface area contributed by atoms with Gasteiger partial charge >= 0.3 is 0 Å². The van der Waals surface area contributed by atoms with E-state index >= 15 is 0 Å². The highest BCUT2D eigenvalue weighted by Crippen LogP contribution is 2.35. The molecule has 0 bridgehead atoms. The van der Waals surface area contributed by atoms with Crippen LogP contribution in [0.2, 0.25) is 5.02 Å². The van der Waals surface area contributed by atoms with Crippen molar-refractivity contribution < 1.29 is 9.13 Å². The third-order valence-corrected chi connectivity index (χ3v) is 7.54. The third-order valence-electron chi connectivity index (χ3n) is 7.30. The second-order valence-corrected chi connectivity index (χ2v) is 9.96. The van der Waals surface area contributed by atoms with Gasteiger partial charge in [0.1, 0.15) is 5.82 Å². The van der Waals surface area contributed by atoms with Crippen molar-refractivity contribution in [3.05, 3.63) is 64.1 Å². The fourth-order valence-corrected chi connectivity index (χ4v) is 5.68. The van der Waals surface area contributed by atoms with E-state index in [0.29, 0.717) is 11.9 Å². The van der Waals surface area contributed by atoms with Crippen LogP contribution in [0.15, 0.2) is 30.3 Å². The number of piperidine rings is 1. The molecule has 178 valence electrons. The number of benzene rings is 1. The van der Waals surface area contributed by atoms with E-state index in [1.165, 1.54) is 11.6 Å². The Morgan fingerprint density at radius 2 is 1.91 bits per heavy atom. The van der Waals surface area contributed by atoms with Crippen molar-refractivity contribution in [2.45, 2.75) is 51.2 Å². The Morgan fingerprint density at radius 3 is 2.71 bits per heavy atom. The number of nitrogens with zero attached hydrogens (tertiary/aromatic N) is 6. The maximum Gasteiger partial charge on any atom is 0.165 e. The first kappa shape index (κ1) is 21.9. The van der Waals surface area contributed by atoms with Crippen LogP contribution in [0.4, 0.5) is 10.2 Å². The summed E-state index contributed by atoms with van der Waals surface area (Å²) in [6.45, 7) is 6.45. The summed E-state index contributed by atoms with van der Waals surface area (Å²) < 4.78 is 22.3. The van der Waals surface area contributed by atoms with E-state index in [1.807, 2.05) is 17.9 Å². The van der Waals surface area contributed by atoms with Crippen LogP contribution >= 0.6 is 11.6 Å². The average Bonchev–Trinajstić information content (AvgIpc) is 3.49. The lowest BCUT2D eigenvalue weighted by Crippen LogP contribution is -2.35. The van der Waals surface area contributed by atoms with Gasteiger partial charge in [0.25, 0.3) is 0 Å². The van der Waals surface area contributed by atoms with Gasteiger partial charge in [0.15, 0.2) is 17.5 Å². The van der Waals surface area contributed by atoms with Crippen LogP contribution < -0.4 is 4.90 Å². The summed E-state index contributed by atoms with van der Waals surface area (Å²) in [5, 5.41) is 10.1. The van der Waals surface area contributed by atoms with Gasteiger partial charge in [0, 0.05) is 48.9 Å². The van der Waals surface area contributed by atoms with Gasteiger partial charge in [-0.15, -0.1) is 10.2 Å². The smallest absolute Gasteiger partial charge is 0.165 e. The minimum atomic E-state index is -0.262. The Balaban J connectivity index is 1.30. The molecule has 7 nitrogen and oxygen atoms in total. The van der Waals surface area contributed by atoms with Gasteiger partial charge in [-0.1, -0.05) is 11.6 Å². The Labute approximate surface area is 203 Å². The fraction of sp³-hybridized carbons (Fsp3) is 0.480. The normalized spacial score (nSPS) is 21.4. The molecule has 0 saturated carbocycles. The number of halogens is 2. The lowest BCUT2D eigenvalue weighted by Gasteiger charge is -2.32. The molecule has 34 heavy (non-hydrogen) atoms. The number of ether oxygens (including phenoxy) is 1. The van der Waals surface area contributed by atoms with Crippen molar-refractivity contribution in [3.8, 4) is 5.69 Å². The van der Waals surface area contributed by atoms with Crippen molar-refractivity contribution >= 4 is 17.4 Å². The highest BCUT2D eigenvalue weighted by molar-refractivity contribution is 6.30. The molecule has 0 aliphatic carbocycles. The summed E-state index contributed by atoms with van der Waals surface area (Å²) in [6, 6.07) is 9.68. The number of anilines is 1. The van der Waals surface area contributed by atoms with Crippen molar-refractivity contribution in [2.75, 3.05) is 31.2 Å². The van der Waals surface area contributed by atoms with Crippen LogP contribution in [0.3, 0.4) is 0 Å². The molecule has 2 fully saturated rings. The van der Waals surface area contributed by atoms with Gasteiger partial charge in [0.05, 0.1) is 18.8 Å². The summed E-state index contributed by atoms with van der Waals surface area (Å²) in [7, 11) is 0. The number of aromatic nitrogens is 4.